The lowest BCUT2D eigenvalue weighted by molar-refractivity contribution is -0.384. The molecule has 18 heavy (non-hydrogen) atoms. The molecule has 0 amide bonds. The van der Waals surface area contributed by atoms with E-state index in [0.29, 0.717) is 11.4 Å². The van der Waals surface area contributed by atoms with Crippen molar-refractivity contribution in [2.24, 2.45) is 0 Å². The van der Waals surface area contributed by atoms with Gasteiger partial charge in [0.25, 0.3) is 11.2 Å². The van der Waals surface area contributed by atoms with Crippen molar-refractivity contribution in [3.63, 3.8) is 0 Å². The van der Waals surface area contributed by atoms with Crippen LogP contribution in [0.1, 0.15) is 5.69 Å². The van der Waals surface area contributed by atoms with Gasteiger partial charge in [-0.3, -0.25) is 19.5 Å². The second-order valence-electron chi connectivity index (χ2n) is 3.81. The zero-order valence-electron chi connectivity index (χ0n) is 9.53. The van der Waals surface area contributed by atoms with E-state index in [4.69, 9.17) is 0 Å². The van der Waals surface area contributed by atoms with Gasteiger partial charge in [0.15, 0.2) is 0 Å². The highest BCUT2D eigenvalue weighted by Crippen LogP contribution is 2.18. The van der Waals surface area contributed by atoms with Gasteiger partial charge in [-0.1, -0.05) is 6.07 Å². The van der Waals surface area contributed by atoms with Crippen molar-refractivity contribution in [2.45, 2.75) is 6.92 Å². The minimum atomic E-state index is -0.524. The van der Waals surface area contributed by atoms with Crippen LogP contribution in [-0.4, -0.2) is 14.6 Å². The van der Waals surface area contributed by atoms with E-state index in [-0.39, 0.29) is 11.4 Å². The first-order valence-corrected chi connectivity index (χ1v) is 5.16. The van der Waals surface area contributed by atoms with E-state index in [1.807, 2.05) is 0 Å². The van der Waals surface area contributed by atoms with Gasteiger partial charge in [-0.2, -0.15) is 0 Å². The number of aromatic hydroxyl groups is 1. The summed E-state index contributed by atoms with van der Waals surface area (Å²) in [5.41, 5.74) is 0.368. The third kappa shape index (κ3) is 2.08. The summed E-state index contributed by atoms with van der Waals surface area (Å²) in [5.74, 6) is -0.126. The first-order valence-electron chi connectivity index (χ1n) is 5.16. The van der Waals surface area contributed by atoms with Crippen LogP contribution in [0.15, 0.2) is 41.2 Å². The van der Waals surface area contributed by atoms with E-state index < -0.39 is 10.5 Å². The van der Waals surface area contributed by atoms with Gasteiger partial charge in [0, 0.05) is 23.9 Å². The number of hydrogen-bond acceptors (Lipinski definition) is 4. The third-order valence-corrected chi connectivity index (χ3v) is 2.50. The maximum Gasteiger partial charge on any atom is 0.271 e. The molecule has 1 aromatic heterocycles. The fraction of sp³-hybridized carbons (Fsp3) is 0.0833. The Labute approximate surface area is 102 Å². The Balaban J connectivity index is 2.66. The lowest BCUT2D eigenvalue weighted by Crippen LogP contribution is -2.19. The number of benzene rings is 1. The van der Waals surface area contributed by atoms with Crippen molar-refractivity contribution in [2.75, 3.05) is 0 Å². The van der Waals surface area contributed by atoms with Gasteiger partial charge in [-0.15, -0.1) is 0 Å². The lowest BCUT2D eigenvalue weighted by Gasteiger charge is -2.09. The fourth-order valence-corrected chi connectivity index (χ4v) is 1.76. The molecular weight excluding hydrogens is 236 g/mol. The molecule has 2 aromatic rings. The van der Waals surface area contributed by atoms with Crippen LogP contribution in [0.2, 0.25) is 0 Å². The molecule has 1 heterocycles. The van der Waals surface area contributed by atoms with Gasteiger partial charge in [-0.25, -0.2) is 0 Å². The summed E-state index contributed by atoms with van der Waals surface area (Å²) in [4.78, 5) is 21.9. The maximum atomic E-state index is 11.8. The number of nitro groups is 1. The zero-order valence-corrected chi connectivity index (χ0v) is 9.53. The fourth-order valence-electron chi connectivity index (χ4n) is 1.76. The van der Waals surface area contributed by atoms with Crippen LogP contribution in [0.5, 0.6) is 5.75 Å². The van der Waals surface area contributed by atoms with Gasteiger partial charge in [0.2, 0.25) is 0 Å². The van der Waals surface area contributed by atoms with Gasteiger partial charge < -0.3 is 5.11 Å². The first-order chi connectivity index (χ1) is 8.49. The number of rotatable bonds is 2. The number of pyridine rings is 1. The molecule has 0 bridgehead atoms. The monoisotopic (exact) mass is 246 g/mol. The van der Waals surface area contributed by atoms with E-state index in [1.54, 1.807) is 13.0 Å². The van der Waals surface area contributed by atoms with Crippen molar-refractivity contribution in [3.8, 4) is 11.4 Å². The third-order valence-electron chi connectivity index (χ3n) is 2.50. The van der Waals surface area contributed by atoms with Gasteiger partial charge in [0.1, 0.15) is 5.75 Å². The van der Waals surface area contributed by atoms with Crippen LogP contribution in [0, 0.1) is 17.0 Å². The van der Waals surface area contributed by atoms with Crippen molar-refractivity contribution in [3.05, 3.63) is 62.6 Å². The Morgan fingerprint density at radius 2 is 2.00 bits per heavy atom. The topological polar surface area (TPSA) is 85.4 Å². The predicted molar refractivity (Wildman–Crippen MR) is 65.1 cm³/mol. The van der Waals surface area contributed by atoms with E-state index in [0.717, 1.165) is 6.07 Å². The Hall–Kier alpha value is -2.63. The molecule has 6 nitrogen and oxygen atoms in total. The Morgan fingerprint density at radius 1 is 1.28 bits per heavy atom. The number of non-ortho nitro benzene ring substituents is 1. The Morgan fingerprint density at radius 3 is 2.61 bits per heavy atom. The number of nitro benzene ring substituents is 1. The van der Waals surface area contributed by atoms with Crippen LogP contribution in [0.25, 0.3) is 5.69 Å². The minimum absolute atomic E-state index is 0.0909. The van der Waals surface area contributed by atoms with Crippen LogP contribution < -0.4 is 5.56 Å². The van der Waals surface area contributed by atoms with Crippen LogP contribution in [-0.2, 0) is 0 Å². The summed E-state index contributed by atoms with van der Waals surface area (Å²) in [6.45, 7) is 1.64. The van der Waals surface area contributed by atoms with Crippen LogP contribution in [0.4, 0.5) is 5.69 Å². The number of aryl methyl sites for hydroxylation is 1. The summed E-state index contributed by atoms with van der Waals surface area (Å²) in [6, 6.07) is 8.24. The molecule has 1 N–H and O–H groups in total. The van der Waals surface area contributed by atoms with E-state index in [1.165, 1.54) is 28.8 Å². The molecule has 0 radical (unpaired) electrons. The molecule has 0 aliphatic carbocycles. The quantitative estimate of drug-likeness (QED) is 0.646. The lowest BCUT2D eigenvalue weighted by atomic mass is 10.2. The smallest absolute Gasteiger partial charge is 0.271 e. The SMILES string of the molecule is Cc1cc(O)cc(=O)n1-c1cccc([N+](=O)[O-])c1. The number of aromatic nitrogens is 1. The van der Waals surface area contributed by atoms with Crippen molar-refractivity contribution < 1.29 is 10.0 Å². The molecule has 0 fully saturated rings. The molecule has 0 aliphatic rings. The molecule has 0 saturated carbocycles. The normalized spacial score (nSPS) is 10.3. The number of hydrogen-bond donors (Lipinski definition) is 1. The summed E-state index contributed by atoms with van der Waals surface area (Å²) in [5, 5.41) is 20.0. The molecule has 92 valence electrons. The predicted octanol–water partition coefficient (Wildman–Crippen LogP) is 1.76. The summed E-state index contributed by atoms with van der Waals surface area (Å²) in [6.07, 6.45) is 0. The average Bonchev–Trinajstić information content (AvgIpc) is 2.28. The summed E-state index contributed by atoms with van der Waals surface area (Å²) in [7, 11) is 0. The van der Waals surface area contributed by atoms with Crippen LogP contribution >= 0.6 is 0 Å². The largest absolute Gasteiger partial charge is 0.508 e. The molecule has 0 aliphatic heterocycles. The van der Waals surface area contributed by atoms with Gasteiger partial charge >= 0.3 is 0 Å². The summed E-state index contributed by atoms with van der Waals surface area (Å²) < 4.78 is 1.30. The van der Waals surface area contributed by atoms with E-state index in [2.05, 4.69) is 0 Å². The minimum Gasteiger partial charge on any atom is -0.508 e. The molecule has 2 rings (SSSR count). The highest BCUT2D eigenvalue weighted by Gasteiger charge is 2.10. The molecule has 6 heteroatoms. The molecule has 0 saturated heterocycles. The number of nitrogens with zero attached hydrogens (tertiary/aromatic N) is 2. The van der Waals surface area contributed by atoms with E-state index in [9.17, 15) is 20.0 Å². The molecule has 0 atom stereocenters. The standard InChI is InChI=1S/C12H10N2O4/c1-8-5-11(15)7-12(16)13(8)9-3-2-4-10(6-9)14(17)18/h2-7,15H,1H3. The highest BCUT2D eigenvalue weighted by atomic mass is 16.6. The maximum absolute atomic E-state index is 11.8. The average molecular weight is 246 g/mol. The first kappa shape index (κ1) is 11.8. The van der Waals surface area contributed by atoms with Gasteiger partial charge in [-0.05, 0) is 19.1 Å². The molecule has 0 unspecified atom stereocenters. The Bertz CT molecular complexity index is 676. The molecule has 0 spiro atoms. The van der Waals surface area contributed by atoms with E-state index >= 15 is 0 Å². The second kappa shape index (κ2) is 4.33. The van der Waals surface area contributed by atoms with Crippen molar-refractivity contribution in [1.29, 1.82) is 0 Å². The van der Waals surface area contributed by atoms with Gasteiger partial charge in [0.05, 0.1) is 10.6 Å². The Kier molecular flexibility index (Phi) is 2.85. The second-order valence-corrected chi connectivity index (χ2v) is 3.81. The zero-order chi connectivity index (χ0) is 13.3. The molecular formula is C12H10N2O4. The highest BCUT2D eigenvalue weighted by molar-refractivity contribution is 5.44. The van der Waals surface area contributed by atoms with Crippen LogP contribution in [0.3, 0.4) is 0 Å². The molecule has 1 aromatic carbocycles. The van der Waals surface area contributed by atoms with Crippen molar-refractivity contribution >= 4 is 5.69 Å². The summed E-state index contributed by atoms with van der Waals surface area (Å²) >= 11 is 0. The van der Waals surface area contributed by atoms with Crippen molar-refractivity contribution in [1.82, 2.24) is 4.57 Å².